The summed E-state index contributed by atoms with van der Waals surface area (Å²) in [6.45, 7) is -0.420. The number of amides is 3. The van der Waals surface area contributed by atoms with Crippen LogP contribution in [0.1, 0.15) is 28.3 Å². The fraction of sp³-hybridized carbons (Fsp3) is 0.294. The third-order valence-electron chi connectivity index (χ3n) is 9.89. The monoisotopic (exact) mass is 711 g/mol. The molecule has 1 aromatic heterocycles. The van der Waals surface area contributed by atoms with Crippen molar-refractivity contribution in [2.45, 2.75) is 28.8 Å². The minimum absolute atomic E-state index is 0.00614. The predicted octanol–water partition coefficient (Wildman–Crippen LogP) is 6.80. The van der Waals surface area contributed by atoms with E-state index in [1.165, 1.54) is 17.0 Å². The Kier molecular flexibility index (Phi) is 7.49. The maximum atomic E-state index is 13.9. The smallest absolute Gasteiger partial charge is 0.416 e. The molecule has 2 N–H and O–H groups in total. The maximum absolute atomic E-state index is 13.9. The van der Waals surface area contributed by atoms with E-state index in [9.17, 15) is 32.3 Å². The fourth-order valence-electron chi connectivity index (χ4n) is 8.13. The molecule has 0 unspecified atom stereocenters. The number of hydrogen-bond acceptors (Lipinski definition) is 7. The zero-order valence-electron chi connectivity index (χ0n) is 24.7. The number of benzene rings is 3. The fourth-order valence-corrected chi connectivity index (χ4v) is 11.1. The van der Waals surface area contributed by atoms with E-state index in [2.05, 4.69) is 10.3 Å². The Bertz CT molecular complexity index is 2020. The molecule has 3 fully saturated rings. The number of H-pyrrole nitrogens is 1. The summed E-state index contributed by atoms with van der Waals surface area (Å²) in [4.78, 5) is 57.7. The van der Waals surface area contributed by atoms with E-state index >= 15 is 0 Å². The van der Waals surface area contributed by atoms with Crippen molar-refractivity contribution in [2.24, 2.45) is 29.6 Å². The van der Waals surface area contributed by atoms with E-state index in [1.807, 2.05) is 12.1 Å². The number of ether oxygens (including phenoxy) is 1. The molecule has 3 amide bonds. The minimum Gasteiger partial charge on any atom is -0.484 e. The van der Waals surface area contributed by atoms with Crippen molar-refractivity contribution in [3.63, 3.8) is 0 Å². The number of carbonyl (C=O) groups is 3. The zero-order valence-corrected chi connectivity index (χ0v) is 27.1. The lowest BCUT2D eigenvalue weighted by atomic mass is 9.68. The van der Waals surface area contributed by atoms with Gasteiger partial charge >= 0.3 is 11.0 Å². The second kappa shape index (κ2) is 11.5. The summed E-state index contributed by atoms with van der Waals surface area (Å²) in [7, 11) is 0. The first-order valence-corrected chi connectivity index (χ1v) is 17.3. The SMILES string of the molecule is O=C(COc1ccc([C@@H]2c3sc(=O)[nH]c3S[C@@H]3[C@@H]4C[C@@H]([C@@H]5C(=O)N(c6ccc(Cl)cc6)C(=O)[C@@H]45)[C@H]23)cc1)Nc1cccc(C(F)(F)F)c1. The van der Waals surface area contributed by atoms with Gasteiger partial charge in [-0.05, 0) is 84.3 Å². The normalized spacial score (nSPS) is 27.1. The molecule has 8 rings (SSSR count). The van der Waals surface area contributed by atoms with Crippen molar-refractivity contribution in [3.05, 3.63) is 103 Å². The molecule has 4 aromatic rings. The average Bonchev–Trinajstić information content (AvgIpc) is 3.79. The van der Waals surface area contributed by atoms with Gasteiger partial charge in [0.15, 0.2) is 6.61 Å². The second-order valence-electron chi connectivity index (χ2n) is 12.4. The highest BCUT2D eigenvalue weighted by atomic mass is 35.5. The lowest BCUT2D eigenvalue weighted by molar-refractivity contribution is -0.137. The molecule has 2 aliphatic heterocycles. The van der Waals surface area contributed by atoms with Crippen LogP contribution in [-0.4, -0.2) is 34.6 Å². The molecule has 3 aromatic carbocycles. The highest BCUT2D eigenvalue weighted by Crippen LogP contribution is 2.68. The number of fused-ring (bicyclic) bond motifs is 9. The predicted molar refractivity (Wildman–Crippen MR) is 174 cm³/mol. The van der Waals surface area contributed by atoms with E-state index in [4.69, 9.17) is 16.3 Å². The summed E-state index contributed by atoms with van der Waals surface area (Å²) in [6, 6.07) is 18.2. The van der Waals surface area contributed by atoms with Crippen LogP contribution in [0.3, 0.4) is 0 Å². The van der Waals surface area contributed by atoms with Gasteiger partial charge in [-0.25, -0.2) is 0 Å². The van der Waals surface area contributed by atoms with Crippen molar-refractivity contribution in [1.82, 2.24) is 4.98 Å². The third-order valence-corrected chi connectivity index (χ3v) is 12.7. The second-order valence-corrected chi connectivity index (χ2v) is 15.1. The van der Waals surface area contributed by atoms with E-state index in [0.29, 0.717) is 16.5 Å². The van der Waals surface area contributed by atoms with Crippen LogP contribution < -0.4 is 19.8 Å². The lowest BCUT2D eigenvalue weighted by Crippen LogP contribution is -2.42. The van der Waals surface area contributed by atoms with Gasteiger partial charge in [-0.1, -0.05) is 41.1 Å². The van der Waals surface area contributed by atoms with Gasteiger partial charge in [-0.15, -0.1) is 11.8 Å². The molecule has 3 heterocycles. The van der Waals surface area contributed by atoms with Crippen molar-refractivity contribution in [1.29, 1.82) is 0 Å². The van der Waals surface area contributed by atoms with Crippen molar-refractivity contribution in [3.8, 4) is 5.75 Å². The van der Waals surface area contributed by atoms with Gasteiger partial charge in [0.25, 0.3) is 5.91 Å². The van der Waals surface area contributed by atoms with E-state index in [-0.39, 0.29) is 51.3 Å². The van der Waals surface area contributed by atoms with Crippen LogP contribution in [0.25, 0.3) is 0 Å². The van der Waals surface area contributed by atoms with E-state index < -0.39 is 36.1 Å². The Morgan fingerprint density at radius 2 is 1.69 bits per heavy atom. The lowest BCUT2D eigenvalue weighted by Gasteiger charge is -2.43. The standard InChI is InChI=1S/C34H25ClF3N3O5S2/c35-17-6-8-19(9-7-17)41-31(43)26-21-13-22(27(26)32(41)44)28-25(21)24(29-30(47-28)40-33(45)48-29)15-4-10-20(11-5-15)46-14-23(42)39-18-3-1-2-16(12-18)34(36,37)38/h1-12,21-22,24-28H,13-14H2,(H,39,42)(H,40,45)/t21-,22-,24+,25-,26+,27+,28-/m1/s1. The highest BCUT2D eigenvalue weighted by Gasteiger charge is 2.69. The summed E-state index contributed by atoms with van der Waals surface area (Å²) in [5.74, 6) is -1.75. The number of imide groups is 1. The molecule has 2 bridgehead atoms. The molecule has 246 valence electrons. The zero-order chi connectivity index (χ0) is 33.5. The van der Waals surface area contributed by atoms with Crippen LogP contribution in [-0.2, 0) is 20.6 Å². The Labute approximate surface area is 284 Å². The van der Waals surface area contributed by atoms with E-state index in [0.717, 1.165) is 45.4 Å². The largest absolute Gasteiger partial charge is 0.484 e. The number of halogens is 4. The van der Waals surface area contributed by atoms with Crippen LogP contribution in [0.5, 0.6) is 5.75 Å². The molecule has 48 heavy (non-hydrogen) atoms. The molecule has 1 saturated heterocycles. The van der Waals surface area contributed by atoms with Gasteiger partial charge in [0.2, 0.25) is 11.8 Å². The summed E-state index contributed by atoms with van der Waals surface area (Å²) in [6.07, 6.45) is -3.78. The molecular weight excluding hydrogens is 687 g/mol. The molecule has 0 spiro atoms. The van der Waals surface area contributed by atoms with E-state index in [1.54, 1.807) is 48.2 Å². The molecule has 14 heteroatoms. The topological polar surface area (TPSA) is 109 Å². The van der Waals surface area contributed by atoms with Gasteiger partial charge < -0.3 is 15.0 Å². The highest BCUT2D eigenvalue weighted by molar-refractivity contribution is 8.00. The quantitative estimate of drug-likeness (QED) is 0.213. The van der Waals surface area contributed by atoms with Crippen LogP contribution in [0, 0.1) is 29.6 Å². The number of rotatable bonds is 6. The molecule has 4 aliphatic rings. The molecule has 2 aliphatic carbocycles. The van der Waals surface area contributed by atoms with Gasteiger partial charge in [0, 0.05) is 26.8 Å². The van der Waals surface area contributed by atoms with Crippen LogP contribution in [0.4, 0.5) is 24.5 Å². The van der Waals surface area contributed by atoms with Gasteiger partial charge in [-0.3, -0.25) is 24.1 Å². The molecule has 8 nitrogen and oxygen atoms in total. The number of aromatic nitrogens is 1. The molecule has 7 atom stereocenters. The number of nitrogens with zero attached hydrogens (tertiary/aromatic N) is 1. The Morgan fingerprint density at radius 1 is 0.979 bits per heavy atom. The molecular formula is C34H25ClF3N3O5S2. The maximum Gasteiger partial charge on any atom is 0.416 e. The van der Waals surface area contributed by atoms with Crippen LogP contribution >= 0.6 is 34.7 Å². The summed E-state index contributed by atoms with van der Waals surface area (Å²) >= 11 is 8.82. The Balaban J connectivity index is 1.02. The first kappa shape index (κ1) is 31.2. The number of nitrogens with one attached hydrogen (secondary N) is 2. The molecule has 0 radical (unpaired) electrons. The summed E-state index contributed by atoms with van der Waals surface area (Å²) in [5, 5.41) is 3.75. The Hall–Kier alpha value is -4.07. The van der Waals surface area contributed by atoms with Crippen molar-refractivity contribution >= 4 is 63.8 Å². The number of carbonyl (C=O) groups excluding carboxylic acids is 3. The van der Waals surface area contributed by atoms with Gasteiger partial charge in [0.1, 0.15) is 5.75 Å². The summed E-state index contributed by atoms with van der Waals surface area (Å²) in [5.41, 5.74) is 0.562. The van der Waals surface area contributed by atoms with Crippen molar-refractivity contribution in [2.75, 3.05) is 16.8 Å². The first-order chi connectivity index (χ1) is 23.0. The van der Waals surface area contributed by atoms with Gasteiger partial charge in [0.05, 0.1) is 28.1 Å². The first-order valence-electron chi connectivity index (χ1n) is 15.2. The van der Waals surface area contributed by atoms with Crippen LogP contribution in [0.2, 0.25) is 5.02 Å². The third kappa shape index (κ3) is 5.14. The minimum atomic E-state index is -4.53. The molecule has 2 saturated carbocycles. The summed E-state index contributed by atoms with van der Waals surface area (Å²) < 4.78 is 44.7. The number of thioether (sulfide) groups is 1. The Morgan fingerprint density at radius 3 is 2.40 bits per heavy atom. The van der Waals surface area contributed by atoms with Crippen LogP contribution in [0.15, 0.2) is 82.6 Å². The number of alkyl halides is 3. The van der Waals surface area contributed by atoms with Crippen molar-refractivity contribution < 1.29 is 32.3 Å². The number of aromatic amines is 1. The number of anilines is 2. The average molecular weight is 712 g/mol. The number of thiazole rings is 1. The van der Waals surface area contributed by atoms with Gasteiger partial charge in [-0.2, -0.15) is 13.2 Å². The number of hydrogen-bond donors (Lipinski definition) is 2.